The van der Waals surface area contributed by atoms with Gasteiger partial charge in [-0.25, -0.2) is 15.0 Å². The molecule has 1 N–H and O–H groups in total. The Morgan fingerprint density at radius 1 is 1.29 bits per heavy atom. The molecule has 0 atom stereocenters. The van der Waals surface area contributed by atoms with Crippen molar-refractivity contribution in [1.29, 1.82) is 0 Å². The predicted octanol–water partition coefficient (Wildman–Crippen LogP) is 2.26. The summed E-state index contributed by atoms with van der Waals surface area (Å²) in [6.45, 7) is 5.75. The molecule has 8 nitrogen and oxygen atoms in total. The van der Waals surface area contributed by atoms with E-state index < -0.39 is 0 Å². The van der Waals surface area contributed by atoms with Crippen molar-refractivity contribution in [2.45, 2.75) is 39.2 Å². The largest absolute Gasteiger partial charge is 0.381 e. The van der Waals surface area contributed by atoms with Crippen LogP contribution < -0.4 is 10.2 Å². The molecular formula is C20H24N6O2. The highest BCUT2D eigenvalue weighted by atomic mass is 16.5. The molecule has 2 aliphatic rings. The number of amides is 1. The lowest BCUT2D eigenvalue weighted by Crippen LogP contribution is -2.41. The van der Waals surface area contributed by atoms with Gasteiger partial charge in [0.15, 0.2) is 5.82 Å². The third-order valence-corrected chi connectivity index (χ3v) is 5.14. The predicted molar refractivity (Wildman–Crippen MR) is 106 cm³/mol. The second-order valence-electron chi connectivity index (χ2n) is 7.06. The first-order chi connectivity index (χ1) is 13.6. The molecule has 0 bridgehead atoms. The summed E-state index contributed by atoms with van der Waals surface area (Å²) in [5.74, 6) is 0.544. The SMILES string of the molecule is C/C(=N\c1c(C)ncnc1N1CCc2ncccc21)C(=O)NC1CCOCC1. The number of ether oxygens (including phenoxy) is 1. The molecule has 1 fully saturated rings. The number of aryl methyl sites for hydroxylation is 1. The van der Waals surface area contributed by atoms with Gasteiger partial charge in [-0.05, 0) is 38.8 Å². The number of aromatic nitrogens is 3. The Kier molecular flexibility index (Phi) is 5.29. The second kappa shape index (κ2) is 8.02. The Morgan fingerprint density at radius 3 is 2.93 bits per heavy atom. The molecule has 4 rings (SSSR count). The van der Waals surface area contributed by atoms with Crippen molar-refractivity contribution in [3.05, 3.63) is 36.0 Å². The number of aliphatic imine (C=N–C) groups is 1. The summed E-state index contributed by atoms with van der Waals surface area (Å²) in [4.78, 5) is 32.5. The smallest absolute Gasteiger partial charge is 0.265 e. The molecule has 0 unspecified atom stereocenters. The van der Waals surface area contributed by atoms with Gasteiger partial charge in [-0.15, -0.1) is 0 Å². The van der Waals surface area contributed by atoms with E-state index in [1.54, 1.807) is 13.1 Å². The van der Waals surface area contributed by atoms with Gasteiger partial charge in [0.1, 0.15) is 17.7 Å². The number of pyridine rings is 1. The van der Waals surface area contributed by atoms with Crippen LogP contribution >= 0.6 is 0 Å². The maximum Gasteiger partial charge on any atom is 0.265 e. The summed E-state index contributed by atoms with van der Waals surface area (Å²) in [5.41, 5.74) is 3.83. The molecule has 0 aliphatic carbocycles. The lowest BCUT2D eigenvalue weighted by atomic mass is 10.1. The van der Waals surface area contributed by atoms with E-state index in [0.29, 0.717) is 30.4 Å². The van der Waals surface area contributed by atoms with Crippen molar-refractivity contribution in [1.82, 2.24) is 20.3 Å². The Morgan fingerprint density at radius 2 is 2.11 bits per heavy atom. The number of nitrogens with one attached hydrogen (secondary N) is 1. The molecule has 0 aromatic carbocycles. The maximum atomic E-state index is 12.6. The van der Waals surface area contributed by atoms with Gasteiger partial charge < -0.3 is 15.0 Å². The normalized spacial score (nSPS) is 17.5. The summed E-state index contributed by atoms with van der Waals surface area (Å²) < 4.78 is 5.35. The van der Waals surface area contributed by atoms with E-state index in [-0.39, 0.29) is 11.9 Å². The maximum absolute atomic E-state index is 12.6. The van der Waals surface area contributed by atoms with Crippen LogP contribution in [0.15, 0.2) is 29.6 Å². The van der Waals surface area contributed by atoms with E-state index in [1.165, 1.54) is 6.33 Å². The highest BCUT2D eigenvalue weighted by Crippen LogP contribution is 2.38. The van der Waals surface area contributed by atoms with Gasteiger partial charge in [-0.2, -0.15) is 0 Å². The van der Waals surface area contributed by atoms with Crippen LogP contribution in [0.4, 0.5) is 17.2 Å². The molecule has 2 aromatic heterocycles. The van der Waals surface area contributed by atoms with Gasteiger partial charge in [0.25, 0.3) is 5.91 Å². The molecule has 8 heteroatoms. The molecular weight excluding hydrogens is 356 g/mol. The highest BCUT2D eigenvalue weighted by Gasteiger charge is 2.26. The molecule has 1 amide bonds. The molecule has 1 saturated heterocycles. The number of nitrogens with zero attached hydrogens (tertiary/aromatic N) is 5. The van der Waals surface area contributed by atoms with Gasteiger partial charge in [0.05, 0.1) is 17.1 Å². The Bertz CT molecular complexity index is 907. The zero-order chi connectivity index (χ0) is 19.5. The summed E-state index contributed by atoms with van der Waals surface area (Å²) in [7, 11) is 0. The van der Waals surface area contributed by atoms with Gasteiger partial charge in [-0.1, -0.05) is 0 Å². The molecule has 0 spiro atoms. The first-order valence-electron chi connectivity index (χ1n) is 9.60. The van der Waals surface area contributed by atoms with Gasteiger partial charge in [0.2, 0.25) is 0 Å². The third-order valence-electron chi connectivity index (χ3n) is 5.14. The van der Waals surface area contributed by atoms with E-state index >= 15 is 0 Å². The molecule has 2 aliphatic heterocycles. The number of carbonyl (C=O) groups is 1. The lowest BCUT2D eigenvalue weighted by Gasteiger charge is -2.23. The topological polar surface area (TPSA) is 92.6 Å². The lowest BCUT2D eigenvalue weighted by molar-refractivity contribution is -0.116. The van der Waals surface area contributed by atoms with Crippen molar-refractivity contribution in [3.63, 3.8) is 0 Å². The monoisotopic (exact) mass is 380 g/mol. The van der Waals surface area contributed by atoms with Crippen molar-refractivity contribution >= 4 is 28.8 Å². The zero-order valence-corrected chi connectivity index (χ0v) is 16.2. The van der Waals surface area contributed by atoms with Gasteiger partial charge >= 0.3 is 0 Å². The minimum atomic E-state index is -0.162. The fourth-order valence-corrected chi connectivity index (χ4v) is 3.56. The number of carbonyl (C=O) groups excluding carboxylic acids is 1. The third kappa shape index (κ3) is 3.73. The van der Waals surface area contributed by atoms with E-state index in [4.69, 9.17) is 4.74 Å². The fraction of sp³-hybridized carbons (Fsp3) is 0.450. The zero-order valence-electron chi connectivity index (χ0n) is 16.2. The van der Waals surface area contributed by atoms with E-state index in [9.17, 15) is 4.79 Å². The van der Waals surface area contributed by atoms with Gasteiger partial charge in [-0.3, -0.25) is 9.78 Å². The standard InChI is InChI=1S/C20H24N6O2/c1-13-18(24-14(2)20(27)25-15-6-10-28-11-7-15)19(23-12-22-13)26-9-5-16-17(26)4-3-8-21-16/h3-4,8,12,15H,5-7,9-11H2,1-2H3,(H,25,27)/b24-14+. The minimum absolute atomic E-state index is 0.135. The molecule has 4 heterocycles. The van der Waals surface area contributed by atoms with Crippen molar-refractivity contribution in [2.24, 2.45) is 4.99 Å². The molecule has 146 valence electrons. The van der Waals surface area contributed by atoms with Crippen LogP contribution in [0.3, 0.4) is 0 Å². The summed E-state index contributed by atoms with van der Waals surface area (Å²) in [6, 6.07) is 4.08. The van der Waals surface area contributed by atoms with Crippen molar-refractivity contribution < 1.29 is 9.53 Å². The van der Waals surface area contributed by atoms with Crippen LogP contribution in [0.1, 0.15) is 31.2 Å². The molecule has 28 heavy (non-hydrogen) atoms. The van der Waals surface area contributed by atoms with Crippen LogP contribution in [-0.2, 0) is 16.0 Å². The van der Waals surface area contributed by atoms with E-state index in [0.717, 1.165) is 42.9 Å². The van der Waals surface area contributed by atoms with Crippen LogP contribution in [0.25, 0.3) is 0 Å². The number of hydrogen-bond acceptors (Lipinski definition) is 7. The number of hydrogen-bond donors (Lipinski definition) is 1. The van der Waals surface area contributed by atoms with E-state index in [1.807, 2.05) is 19.1 Å². The summed E-state index contributed by atoms with van der Waals surface area (Å²) >= 11 is 0. The highest BCUT2D eigenvalue weighted by molar-refractivity contribution is 6.38. The van der Waals surface area contributed by atoms with Crippen LogP contribution in [-0.4, -0.2) is 52.4 Å². The number of anilines is 2. The van der Waals surface area contributed by atoms with Crippen molar-refractivity contribution in [3.8, 4) is 0 Å². The first-order valence-corrected chi connectivity index (χ1v) is 9.60. The molecule has 0 saturated carbocycles. The average molecular weight is 380 g/mol. The van der Waals surface area contributed by atoms with E-state index in [2.05, 4.69) is 30.2 Å². The van der Waals surface area contributed by atoms with Crippen molar-refractivity contribution in [2.75, 3.05) is 24.7 Å². The average Bonchev–Trinajstić information content (AvgIpc) is 3.14. The summed E-state index contributed by atoms with van der Waals surface area (Å²) in [5, 5.41) is 3.05. The van der Waals surface area contributed by atoms with Crippen LogP contribution in [0, 0.1) is 6.92 Å². The number of fused-ring (bicyclic) bond motifs is 1. The Hall–Kier alpha value is -2.87. The van der Waals surface area contributed by atoms with Gasteiger partial charge in [0, 0.05) is 38.4 Å². The Balaban J connectivity index is 1.61. The fourth-order valence-electron chi connectivity index (χ4n) is 3.56. The Labute approximate surface area is 164 Å². The number of rotatable bonds is 4. The van der Waals surface area contributed by atoms with Crippen LogP contribution in [0.5, 0.6) is 0 Å². The summed E-state index contributed by atoms with van der Waals surface area (Å²) in [6.07, 6.45) is 5.85. The quantitative estimate of drug-likeness (QED) is 0.818. The second-order valence-corrected chi connectivity index (χ2v) is 7.06. The molecule has 0 radical (unpaired) electrons. The molecule has 2 aromatic rings. The van der Waals surface area contributed by atoms with Crippen LogP contribution in [0.2, 0.25) is 0 Å². The minimum Gasteiger partial charge on any atom is -0.381 e. The first kappa shape index (κ1) is 18.5.